The van der Waals surface area contributed by atoms with Gasteiger partial charge in [0.2, 0.25) is 0 Å². The molecule has 0 saturated heterocycles. The highest BCUT2D eigenvalue weighted by Crippen LogP contribution is 2.26. The molecule has 2 aromatic carbocycles. The normalized spacial score (nSPS) is 10.6. The van der Waals surface area contributed by atoms with Gasteiger partial charge in [-0.2, -0.15) is 5.10 Å². The van der Waals surface area contributed by atoms with Gasteiger partial charge in [0.25, 0.3) is 5.91 Å². The van der Waals surface area contributed by atoms with E-state index < -0.39 is 0 Å². The number of methoxy groups -OCH3 is 1. The van der Waals surface area contributed by atoms with Crippen LogP contribution in [0.1, 0.15) is 10.4 Å². The highest BCUT2D eigenvalue weighted by Gasteiger charge is 2.09. The molecule has 0 fully saturated rings. The summed E-state index contributed by atoms with van der Waals surface area (Å²) < 4.78 is 5.89. The molecular formula is C15H12BrN3O2. The smallest absolute Gasteiger partial charge is 0.255 e. The molecular weight excluding hydrogens is 334 g/mol. The first-order chi connectivity index (χ1) is 10.2. The summed E-state index contributed by atoms with van der Waals surface area (Å²) in [5.41, 5.74) is 2.20. The molecule has 0 bridgehead atoms. The SMILES string of the molecule is COc1ccc(C(=O)Nc2ccc3[nH]ncc3c2)cc1Br. The maximum atomic E-state index is 12.2. The number of anilines is 1. The molecule has 3 rings (SSSR count). The summed E-state index contributed by atoms with van der Waals surface area (Å²) in [4.78, 5) is 12.2. The third-order valence-corrected chi connectivity index (χ3v) is 3.73. The monoisotopic (exact) mass is 345 g/mol. The minimum atomic E-state index is -0.179. The molecule has 1 heterocycles. The molecule has 0 aliphatic heterocycles. The summed E-state index contributed by atoms with van der Waals surface area (Å²) in [5, 5.41) is 10.6. The molecule has 2 N–H and O–H groups in total. The Morgan fingerprint density at radius 1 is 1.29 bits per heavy atom. The van der Waals surface area contributed by atoms with Crippen molar-refractivity contribution < 1.29 is 9.53 Å². The number of nitrogens with zero attached hydrogens (tertiary/aromatic N) is 1. The number of amides is 1. The number of hydrogen-bond acceptors (Lipinski definition) is 3. The quantitative estimate of drug-likeness (QED) is 0.762. The molecule has 0 radical (unpaired) electrons. The second kappa shape index (κ2) is 5.57. The molecule has 5 nitrogen and oxygen atoms in total. The number of hydrogen-bond donors (Lipinski definition) is 2. The summed E-state index contributed by atoms with van der Waals surface area (Å²) in [6, 6.07) is 10.8. The lowest BCUT2D eigenvalue weighted by molar-refractivity contribution is 0.102. The van der Waals surface area contributed by atoms with Crippen molar-refractivity contribution >= 4 is 38.4 Å². The first-order valence-electron chi connectivity index (χ1n) is 6.25. The van der Waals surface area contributed by atoms with Gasteiger partial charge < -0.3 is 10.1 Å². The number of rotatable bonds is 3. The fraction of sp³-hybridized carbons (Fsp3) is 0.0667. The fourth-order valence-corrected chi connectivity index (χ4v) is 2.57. The van der Waals surface area contributed by atoms with Gasteiger partial charge in [0.1, 0.15) is 5.75 Å². The van der Waals surface area contributed by atoms with Crippen LogP contribution >= 0.6 is 15.9 Å². The van der Waals surface area contributed by atoms with Gasteiger partial charge >= 0.3 is 0 Å². The van der Waals surface area contributed by atoms with Crippen LogP contribution < -0.4 is 10.1 Å². The molecule has 0 saturated carbocycles. The Bertz CT molecular complexity index is 814. The average molecular weight is 346 g/mol. The number of aromatic nitrogens is 2. The van der Waals surface area contributed by atoms with Crippen LogP contribution in [0.5, 0.6) is 5.75 Å². The first kappa shape index (κ1) is 13.6. The van der Waals surface area contributed by atoms with Crippen molar-refractivity contribution in [2.45, 2.75) is 0 Å². The highest BCUT2D eigenvalue weighted by molar-refractivity contribution is 9.10. The van der Waals surface area contributed by atoms with Gasteiger partial charge in [0.05, 0.1) is 23.3 Å². The third-order valence-electron chi connectivity index (χ3n) is 3.11. The van der Waals surface area contributed by atoms with E-state index in [9.17, 15) is 4.79 Å². The van der Waals surface area contributed by atoms with E-state index in [1.54, 1.807) is 31.5 Å². The molecule has 6 heteroatoms. The number of nitrogens with one attached hydrogen (secondary N) is 2. The van der Waals surface area contributed by atoms with Gasteiger partial charge in [-0.25, -0.2) is 0 Å². The molecule has 0 aliphatic carbocycles. The van der Waals surface area contributed by atoms with Crippen molar-refractivity contribution in [3.63, 3.8) is 0 Å². The number of ether oxygens (including phenoxy) is 1. The van der Waals surface area contributed by atoms with Gasteiger partial charge in [0.15, 0.2) is 0 Å². The van der Waals surface area contributed by atoms with Crippen molar-refractivity contribution in [2.75, 3.05) is 12.4 Å². The Labute approximate surface area is 129 Å². The van der Waals surface area contributed by atoms with Crippen molar-refractivity contribution in [3.05, 3.63) is 52.6 Å². The number of H-pyrrole nitrogens is 1. The van der Waals surface area contributed by atoms with Crippen LogP contribution in [-0.2, 0) is 0 Å². The van der Waals surface area contributed by atoms with Crippen LogP contribution in [0.3, 0.4) is 0 Å². The van der Waals surface area contributed by atoms with E-state index >= 15 is 0 Å². The van der Waals surface area contributed by atoms with Crippen molar-refractivity contribution in [2.24, 2.45) is 0 Å². The van der Waals surface area contributed by atoms with Gasteiger partial charge in [-0.1, -0.05) is 0 Å². The van der Waals surface area contributed by atoms with Crippen LogP contribution in [0.15, 0.2) is 47.1 Å². The van der Waals surface area contributed by atoms with E-state index in [0.717, 1.165) is 21.1 Å². The molecule has 106 valence electrons. The van der Waals surface area contributed by atoms with Crippen LogP contribution in [0.25, 0.3) is 10.9 Å². The molecule has 0 aliphatic rings. The lowest BCUT2D eigenvalue weighted by Crippen LogP contribution is -2.11. The maximum Gasteiger partial charge on any atom is 0.255 e. The van der Waals surface area contributed by atoms with Crippen LogP contribution in [0, 0.1) is 0 Å². The van der Waals surface area contributed by atoms with Gasteiger partial charge in [-0.05, 0) is 52.3 Å². The minimum absolute atomic E-state index is 0.179. The van der Waals surface area contributed by atoms with Gasteiger partial charge in [-0.3, -0.25) is 9.89 Å². The summed E-state index contributed by atoms with van der Waals surface area (Å²) in [7, 11) is 1.58. The zero-order valence-electron chi connectivity index (χ0n) is 11.2. The molecule has 0 atom stereocenters. The highest BCUT2D eigenvalue weighted by atomic mass is 79.9. The van der Waals surface area contributed by atoms with Gasteiger partial charge in [0, 0.05) is 16.6 Å². The van der Waals surface area contributed by atoms with Crippen molar-refractivity contribution in [1.29, 1.82) is 0 Å². The molecule has 3 aromatic rings. The second-order valence-electron chi connectivity index (χ2n) is 4.48. The molecule has 1 aromatic heterocycles. The lowest BCUT2D eigenvalue weighted by Gasteiger charge is -2.08. The van der Waals surface area contributed by atoms with Crippen LogP contribution in [-0.4, -0.2) is 23.2 Å². The topological polar surface area (TPSA) is 67.0 Å². The van der Waals surface area contributed by atoms with Gasteiger partial charge in [-0.15, -0.1) is 0 Å². The van der Waals surface area contributed by atoms with E-state index in [2.05, 4.69) is 31.4 Å². The van der Waals surface area contributed by atoms with E-state index in [1.807, 2.05) is 18.2 Å². The maximum absolute atomic E-state index is 12.2. The number of aromatic amines is 1. The Balaban J connectivity index is 1.83. The summed E-state index contributed by atoms with van der Waals surface area (Å²) in [6.07, 6.45) is 1.72. The Kier molecular flexibility index (Phi) is 3.62. The summed E-state index contributed by atoms with van der Waals surface area (Å²) >= 11 is 3.37. The fourth-order valence-electron chi connectivity index (χ4n) is 2.03. The Morgan fingerprint density at radius 2 is 2.14 bits per heavy atom. The number of halogens is 1. The standard InChI is InChI=1S/C15H12BrN3O2/c1-21-14-5-2-9(7-12(14)16)15(20)18-11-3-4-13-10(6-11)8-17-19-13/h2-8H,1H3,(H,17,19)(H,18,20). The number of carbonyl (C=O) groups is 1. The number of carbonyl (C=O) groups excluding carboxylic acids is 1. The predicted octanol–water partition coefficient (Wildman–Crippen LogP) is 3.59. The van der Waals surface area contributed by atoms with Crippen molar-refractivity contribution in [1.82, 2.24) is 10.2 Å². The van der Waals surface area contributed by atoms with E-state index in [1.165, 1.54) is 0 Å². The first-order valence-corrected chi connectivity index (χ1v) is 7.05. The molecule has 21 heavy (non-hydrogen) atoms. The van der Waals surface area contributed by atoms with E-state index in [-0.39, 0.29) is 5.91 Å². The van der Waals surface area contributed by atoms with Crippen LogP contribution in [0.4, 0.5) is 5.69 Å². The number of benzene rings is 2. The lowest BCUT2D eigenvalue weighted by atomic mass is 10.2. The largest absolute Gasteiger partial charge is 0.496 e. The Hall–Kier alpha value is -2.34. The predicted molar refractivity (Wildman–Crippen MR) is 84.7 cm³/mol. The average Bonchev–Trinajstić information content (AvgIpc) is 2.94. The zero-order valence-corrected chi connectivity index (χ0v) is 12.8. The minimum Gasteiger partial charge on any atom is -0.496 e. The van der Waals surface area contributed by atoms with E-state index in [0.29, 0.717) is 11.3 Å². The second-order valence-corrected chi connectivity index (χ2v) is 5.33. The Morgan fingerprint density at radius 3 is 2.90 bits per heavy atom. The molecule has 0 spiro atoms. The van der Waals surface area contributed by atoms with Crippen LogP contribution in [0.2, 0.25) is 0 Å². The van der Waals surface area contributed by atoms with E-state index in [4.69, 9.17) is 4.74 Å². The third kappa shape index (κ3) is 2.75. The van der Waals surface area contributed by atoms with Crippen molar-refractivity contribution in [3.8, 4) is 5.75 Å². The molecule has 0 unspecified atom stereocenters. The summed E-state index contributed by atoms with van der Waals surface area (Å²) in [6.45, 7) is 0. The zero-order chi connectivity index (χ0) is 14.8. The summed E-state index contributed by atoms with van der Waals surface area (Å²) in [5.74, 6) is 0.507. The molecule has 1 amide bonds. The number of fused-ring (bicyclic) bond motifs is 1.